The normalized spacial score (nSPS) is 27.8. The first-order chi connectivity index (χ1) is 6.79. The van der Waals surface area contributed by atoms with Gasteiger partial charge in [0.1, 0.15) is 0 Å². The van der Waals surface area contributed by atoms with E-state index in [0.29, 0.717) is 11.8 Å². The summed E-state index contributed by atoms with van der Waals surface area (Å²) in [4.78, 5) is 0. The Hall–Kier alpha value is -0.990. The third kappa shape index (κ3) is 1.91. The first kappa shape index (κ1) is 9.56. The van der Waals surface area contributed by atoms with Crippen LogP contribution in [0.25, 0.3) is 0 Å². The summed E-state index contributed by atoms with van der Waals surface area (Å²) in [6, 6.07) is 1.87. The number of hydrogen-bond acceptors (Lipinski definition) is 3. The molecular formula is C11H18N2O. The highest BCUT2D eigenvalue weighted by molar-refractivity contribution is 5.26. The van der Waals surface area contributed by atoms with Gasteiger partial charge in [-0.3, -0.25) is 0 Å². The Bertz CT molecular complexity index is 287. The fourth-order valence-electron chi connectivity index (χ4n) is 2.36. The molecule has 0 spiro atoms. The van der Waals surface area contributed by atoms with E-state index in [9.17, 15) is 0 Å². The number of nitrogen functional groups attached to an aromatic ring is 1. The molecule has 1 aliphatic rings. The zero-order valence-corrected chi connectivity index (χ0v) is 8.70. The van der Waals surface area contributed by atoms with E-state index >= 15 is 0 Å². The second kappa shape index (κ2) is 4.03. The van der Waals surface area contributed by atoms with E-state index in [1.54, 1.807) is 0 Å². The van der Waals surface area contributed by atoms with Crippen LogP contribution in [0.1, 0.15) is 50.6 Å². The molecule has 1 aliphatic carbocycles. The van der Waals surface area contributed by atoms with E-state index in [1.807, 2.05) is 6.07 Å². The lowest BCUT2D eigenvalue weighted by Crippen LogP contribution is -2.12. The molecule has 1 heterocycles. The van der Waals surface area contributed by atoms with Crippen LogP contribution in [0.15, 0.2) is 10.6 Å². The summed E-state index contributed by atoms with van der Waals surface area (Å²) in [5, 5.41) is 3.99. The molecule has 0 bridgehead atoms. The largest absolute Gasteiger partial charge is 0.368 e. The fourth-order valence-corrected chi connectivity index (χ4v) is 2.36. The Morgan fingerprint density at radius 1 is 1.43 bits per heavy atom. The molecule has 1 aromatic heterocycles. The zero-order chi connectivity index (χ0) is 9.97. The molecule has 0 radical (unpaired) electrons. The minimum atomic E-state index is 0.442. The molecule has 0 unspecified atom stereocenters. The van der Waals surface area contributed by atoms with Crippen LogP contribution in [0, 0.1) is 5.92 Å². The lowest BCUT2D eigenvalue weighted by molar-refractivity contribution is 0.307. The maximum Gasteiger partial charge on any atom is 0.222 e. The summed E-state index contributed by atoms with van der Waals surface area (Å²) in [5.74, 6) is 1.95. The molecular weight excluding hydrogens is 176 g/mol. The number of anilines is 1. The van der Waals surface area contributed by atoms with Crippen LogP contribution in [0.4, 0.5) is 5.88 Å². The number of nitrogens with zero attached hydrogens (tertiary/aromatic N) is 1. The minimum absolute atomic E-state index is 0.442. The summed E-state index contributed by atoms with van der Waals surface area (Å²) in [7, 11) is 0. The van der Waals surface area contributed by atoms with Crippen molar-refractivity contribution in [3.05, 3.63) is 11.8 Å². The molecule has 0 aromatic carbocycles. The van der Waals surface area contributed by atoms with Gasteiger partial charge < -0.3 is 10.3 Å². The summed E-state index contributed by atoms with van der Waals surface area (Å²) in [5.41, 5.74) is 6.56. The van der Waals surface area contributed by atoms with Crippen molar-refractivity contribution in [2.45, 2.75) is 44.9 Å². The summed E-state index contributed by atoms with van der Waals surface area (Å²) >= 11 is 0. The Morgan fingerprint density at radius 2 is 2.14 bits per heavy atom. The van der Waals surface area contributed by atoms with Crippen LogP contribution in [0.2, 0.25) is 0 Å². The average molecular weight is 194 g/mol. The second-order valence-electron chi connectivity index (χ2n) is 4.28. The second-order valence-corrected chi connectivity index (χ2v) is 4.28. The van der Waals surface area contributed by atoms with Gasteiger partial charge in [-0.2, -0.15) is 0 Å². The van der Waals surface area contributed by atoms with Gasteiger partial charge in [0.05, 0.1) is 5.69 Å². The topological polar surface area (TPSA) is 52.0 Å². The maximum atomic E-state index is 5.51. The van der Waals surface area contributed by atoms with Gasteiger partial charge in [-0.15, -0.1) is 0 Å². The molecule has 2 rings (SSSR count). The highest BCUT2D eigenvalue weighted by atomic mass is 16.5. The fraction of sp³-hybridized carbons (Fsp3) is 0.727. The molecule has 0 amide bonds. The Morgan fingerprint density at radius 3 is 2.64 bits per heavy atom. The molecule has 1 saturated carbocycles. The Kier molecular flexibility index (Phi) is 2.75. The third-order valence-electron chi connectivity index (χ3n) is 3.39. The van der Waals surface area contributed by atoms with E-state index in [-0.39, 0.29) is 0 Å². The summed E-state index contributed by atoms with van der Waals surface area (Å²) in [6.07, 6.45) is 6.45. The van der Waals surface area contributed by atoms with E-state index in [2.05, 4.69) is 12.1 Å². The Balaban J connectivity index is 1.95. The standard InChI is InChI=1S/C11H18N2O/c1-2-8-3-5-9(6-4-8)10-7-11(12)14-13-10/h7-9H,2-6,12H2,1H3. The monoisotopic (exact) mass is 194 g/mol. The Labute approximate surface area is 84.7 Å². The average Bonchev–Trinajstić information content (AvgIpc) is 2.65. The van der Waals surface area contributed by atoms with Crippen molar-refractivity contribution in [2.75, 3.05) is 5.73 Å². The van der Waals surface area contributed by atoms with Gasteiger partial charge >= 0.3 is 0 Å². The van der Waals surface area contributed by atoms with E-state index in [1.165, 1.54) is 32.1 Å². The van der Waals surface area contributed by atoms with Gasteiger partial charge in [0.15, 0.2) is 0 Å². The lowest BCUT2D eigenvalue weighted by Gasteiger charge is -2.26. The highest BCUT2D eigenvalue weighted by Gasteiger charge is 2.23. The van der Waals surface area contributed by atoms with Gasteiger partial charge in [-0.05, 0) is 31.6 Å². The first-order valence-corrected chi connectivity index (χ1v) is 5.51. The number of aromatic nitrogens is 1. The van der Waals surface area contributed by atoms with Gasteiger partial charge in [-0.1, -0.05) is 18.5 Å². The summed E-state index contributed by atoms with van der Waals surface area (Å²) < 4.78 is 4.90. The van der Waals surface area contributed by atoms with Crippen LogP contribution in [-0.4, -0.2) is 5.16 Å². The van der Waals surface area contributed by atoms with Crippen LogP contribution in [0.5, 0.6) is 0 Å². The molecule has 3 nitrogen and oxygen atoms in total. The molecule has 14 heavy (non-hydrogen) atoms. The summed E-state index contributed by atoms with van der Waals surface area (Å²) in [6.45, 7) is 2.28. The van der Waals surface area contributed by atoms with Crippen LogP contribution in [0.3, 0.4) is 0 Å². The van der Waals surface area contributed by atoms with Crippen LogP contribution >= 0.6 is 0 Å². The first-order valence-electron chi connectivity index (χ1n) is 5.51. The molecule has 1 fully saturated rings. The van der Waals surface area contributed by atoms with Crippen LogP contribution < -0.4 is 5.73 Å². The SMILES string of the molecule is CCC1CCC(c2cc(N)on2)CC1. The van der Waals surface area contributed by atoms with Gasteiger partial charge in [0, 0.05) is 12.0 Å². The van der Waals surface area contributed by atoms with Crippen LogP contribution in [-0.2, 0) is 0 Å². The quantitative estimate of drug-likeness (QED) is 0.787. The lowest BCUT2D eigenvalue weighted by atomic mass is 9.79. The molecule has 0 saturated heterocycles. The van der Waals surface area contributed by atoms with Crippen molar-refractivity contribution in [3.63, 3.8) is 0 Å². The van der Waals surface area contributed by atoms with Crippen molar-refractivity contribution in [2.24, 2.45) is 5.92 Å². The highest BCUT2D eigenvalue weighted by Crippen LogP contribution is 2.36. The zero-order valence-electron chi connectivity index (χ0n) is 8.70. The molecule has 0 atom stereocenters. The predicted molar refractivity (Wildman–Crippen MR) is 55.9 cm³/mol. The third-order valence-corrected chi connectivity index (χ3v) is 3.39. The molecule has 78 valence electrons. The predicted octanol–water partition coefficient (Wildman–Crippen LogP) is 2.94. The van der Waals surface area contributed by atoms with Gasteiger partial charge in [0.2, 0.25) is 5.88 Å². The molecule has 0 aliphatic heterocycles. The van der Waals surface area contributed by atoms with Gasteiger partial charge in [-0.25, -0.2) is 0 Å². The minimum Gasteiger partial charge on any atom is -0.368 e. The van der Waals surface area contributed by atoms with Gasteiger partial charge in [0.25, 0.3) is 0 Å². The van der Waals surface area contributed by atoms with Crippen molar-refractivity contribution >= 4 is 5.88 Å². The number of hydrogen-bond donors (Lipinski definition) is 1. The number of nitrogens with two attached hydrogens (primary N) is 1. The smallest absolute Gasteiger partial charge is 0.222 e. The van der Waals surface area contributed by atoms with E-state index in [4.69, 9.17) is 10.3 Å². The van der Waals surface area contributed by atoms with Crippen molar-refractivity contribution in [3.8, 4) is 0 Å². The van der Waals surface area contributed by atoms with Crippen molar-refractivity contribution in [1.82, 2.24) is 5.16 Å². The molecule has 2 N–H and O–H groups in total. The molecule has 3 heteroatoms. The van der Waals surface area contributed by atoms with Crippen molar-refractivity contribution in [1.29, 1.82) is 0 Å². The van der Waals surface area contributed by atoms with E-state index < -0.39 is 0 Å². The molecule has 1 aromatic rings. The van der Waals surface area contributed by atoms with E-state index in [0.717, 1.165) is 11.6 Å². The maximum absolute atomic E-state index is 5.51. The number of rotatable bonds is 2. The van der Waals surface area contributed by atoms with Crippen molar-refractivity contribution < 1.29 is 4.52 Å².